The molecule has 0 fully saturated rings. The van der Waals surface area contributed by atoms with Gasteiger partial charge in [-0.3, -0.25) is 9.59 Å². The van der Waals surface area contributed by atoms with Gasteiger partial charge in [0.25, 0.3) is 11.8 Å². The van der Waals surface area contributed by atoms with Crippen LogP contribution in [0.4, 0.5) is 11.4 Å². The Bertz CT molecular complexity index is 764. The molecule has 2 heterocycles. The quantitative estimate of drug-likeness (QED) is 0.809. The van der Waals surface area contributed by atoms with Crippen LogP contribution < -0.4 is 9.80 Å². The summed E-state index contributed by atoms with van der Waals surface area (Å²) in [7, 11) is 3.85. The maximum atomic E-state index is 12.6. The third-order valence-corrected chi connectivity index (χ3v) is 4.66. The summed E-state index contributed by atoms with van der Waals surface area (Å²) >= 11 is 7.49. The van der Waals surface area contributed by atoms with Crippen molar-refractivity contribution in [3.8, 4) is 0 Å². The molecule has 1 aliphatic rings. The standard InChI is InChI=1S/C16H13ClN2O2S/c1-18(2)10-5-7-11(8-6-10)19-15(20)13(14(17)16(19)21)12-4-3-9-22-12/h3-9H,1-2H3. The molecule has 0 saturated carbocycles. The van der Waals surface area contributed by atoms with E-state index < -0.39 is 5.91 Å². The molecule has 0 radical (unpaired) electrons. The first-order chi connectivity index (χ1) is 10.5. The van der Waals surface area contributed by atoms with Gasteiger partial charge in [-0.1, -0.05) is 17.7 Å². The molecule has 0 saturated heterocycles. The fourth-order valence-electron chi connectivity index (χ4n) is 2.27. The van der Waals surface area contributed by atoms with E-state index in [1.807, 2.05) is 42.6 Å². The summed E-state index contributed by atoms with van der Waals surface area (Å²) in [5.41, 5.74) is 1.78. The third kappa shape index (κ3) is 2.32. The number of hydrogen-bond donors (Lipinski definition) is 0. The van der Waals surface area contributed by atoms with Crippen LogP contribution >= 0.6 is 22.9 Å². The molecule has 0 atom stereocenters. The van der Waals surface area contributed by atoms with Gasteiger partial charge in [0.15, 0.2) is 0 Å². The minimum atomic E-state index is -0.479. The number of imide groups is 1. The van der Waals surface area contributed by atoms with E-state index in [-0.39, 0.29) is 16.5 Å². The number of thiophene rings is 1. The highest BCUT2D eigenvalue weighted by molar-refractivity contribution is 7.11. The Morgan fingerprint density at radius 1 is 1.05 bits per heavy atom. The first-order valence-electron chi connectivity index (χ1n) is 6.60. The van der Waals surface area contributed by atoms with Gasteiger partial charge in [-0.2, -0.15) is 0 Å². The van der Waals surface area contributed by atoms with Crippen LogP contribution in [0.15, 0.2) is 46.8 Å². The van der Waals surface area contributed by atoms with E-state index in [0.717, 1.165) is 10.6 Å². The minimum absolute atomic E-state index is 0.0239. The molecule has 2 amide bonds. The highest BCUT2D eigenvalue weighted by Crippen LogP contribution is 2.36. The lowest BCUT2D eigenvalue weighted by atomic mass is 10.2. The van der Waals surface area contributed by atoms with E-state index >= 15 is 0 Å². The number of amides is 2. The number of carbonyl (C=O) groups is 2. The van der Waals surface area contributed by atoms with Crippen molar-refractivity contribution < 1.29 is 9.59 Å². The molecule has 4 nitrogen and oxygen atoms in total. The van der Waals surface area contributed by atoms with Crippen molar-refractivity contribution >= 4 is 51.7 Å². The molecule has 2 aromatic rings. The van der Waals surface area contributed by atoms with Gasteiger partial charge in [0, 0.05) is 24.7 Å². The average molecular weight is 333 g/mol. The Hall–Kier alpha value is -2.11. The van der Waals surface area contributed by atoms with Crippen molar-refractivity contribution in [3.63, 3.8) is 0 Å². The number of halogens is 1. The maximum absolute atomic E-state index is 12.6. The smallest absolute Gasteiger partial charge is 0.277 e. The van der Waals surface area contributed by atoms with Crippen LogP contribution in [0.3, 0.4) is 0 Å². The lowest BCUT2D eigenvalue weighted by molar-refractivity contribution is -0.119. The van der Waals surface area contributed by atoms with Crippen LogP contribution in [0.25, 0.3) is 5.57 Å². The van der Waals surface area contributed by atoms with E-state index in [1.54, 1.807) is 18.2 Å². The van der Waals surface area contributed by atoms with Gasteiger partial charge >= 0.3 is 0 Å². The molecule has 112 valence electrons. The number of anilines is 2. The zero-order valence-corrected chi connectivity index (χ0v) is 13.6. The molecule has 22 heavy (non-hydrogen) atoms. The second kappa shape index (κ2) is 5.59. The molecule has 0 bridgehead atoms. The zero-order valence-electron chi connectivity index (χ0n) is 12.0. The summed E-state index contributed by atoms with van der Waals surface area (Å²) in [6.45, 7) is 0. The summed E-state index contributed by atoms with van der Waals surface area (Å²) < 4.78 is 0. The molecular weight excluding hydrogens is 320 g/mol. The minimum Gasteiger partial charge on any atom is -0.378 e. The van der Waals surface area contributed by atoms with Crippen LogP contribution in [-0.4, -0.2) is 25.9 Å². The van der Waals surface area contributed by atoms with Crippen molar-refractivity contribution in [1.82, 2.24) is 0 Å². The van der Waals surface area contributed by atoms with Crippen LogP contribution in [0.2, 0.25) is 0 Å². The summed E-state index contributed by atoms with van der Waals surface area (Å²) in [4.78, 5) is 28.7. The number of hydrogen-bond acceptors (Lipinski definition) is 4. The Morgan fingerprint density at radius 3 is 2.27 bits per heavy atom. The van der Waals surface area contributed by atoms with Crippen molar-refractivity contribution in [3.05, 3.63) is 51.7 Å². The summed E-state index contributed by atoms with van der Waals surface area (Å²) in [5, 5.41) is 1.82. The number of carbonyl (C=O) groups excluding carboxylic acids is 2. The van der Waals surface area contributed by atoms with Crippen LogP contribution in [-0.2, 0) is 9.59 Å². The van der Waals surface area contributed by atoms with Crippen LogP contribution in [0.5, 0.6) is 0 Å². The van der Waals surface area contributed by atoms with E-state index in [9.17, 15) is 9.59 Å². The zero-order chi connectivity index (χ0) is 15.9. The molecular formula is C16H13ClN2O2S. The fraction of sp³-hybridized carbons (Fsp3) is 0.125. The van der Waals surface area contributed by atoms with Gasteiger partial charge in [-0.05, 0) is 35.7 Å². The predicted octanol–water partition coefficient (Wildman–Crippen LogP) is 3.34. The molecule has 0 spiro atoms. The third-order valence-electron chi connectivity index (χ3n) is 3.42. The summed E-state index contributed by atoms with van der Waals surface area (Å²) in [5.74, 6) is -0.859. The van der Waals surface area contributed by atoms with Crippen molar-refractivity contribution in [1.29, 1.82) is 0 Å². The highest BCUT2D eigenvalue weighted by atomic mass is 35.5. The van der Waals surface area contributed by atoms with Crippen molar-refractivity contribution in [2.45, 2.75) is 0 Å². The molecule has 0 N–H and O–H groups in total. The van der Waals surface area contributed by atoms with Crippen LogP contribution in [0, 0.1) is 0 Å². The second-order valence-electron chi connectivity index (χ2n) is 5.02. The predicted molar refractivity (Wildman–Crippen MR) is 90.4 cm³/mol. The first kappa shape index (κ1) is 14.8. The lowest BCUT2D eigenvalue weighted by Gasteiger charge is -2.17. The fourth-order valence-corrected chi connectivity index (χ4v) is 3.36. The SMILES string of the molecule is CN(C)c1ccc(N2C(=O)C(Cl)=C(c3cccs3)C2=O)cc1. The van der Waals surface area contributed by atoms with Gasteiger partial charge in [-0.25, -0.2) is 4.90 Å². The summed E-state index contributed by atoms with van der Waals surface area (Å²) in [6, 6.07) is 10.8. The van der Waals surface area contributed by atoms with Gasteiger partial charge < -0.3 is 4.90 Å². The Morgan fingerprint density at radius 2 is 1.73 bits per heavy atom. The Kier molecular flexibility index (Phi) is 3.76. The van der Waals surface area contributed by atoms with E-state index in [2.05, 4.69) is 0 Å². The highest BCUT2D eigenvalue weighted by Gasteiger charge is 2.39. The van der Waals surface area contributed by atoms with Crippen molar-refractivity contribution in [2.75, 3.05) is 23.9 Å². The first-order valence-corrected chi connectivity index (χ1v) is 7.86. The van der Waals surface area contributed by atoms with Crippen LogP contribution in [0.1, 0.15) is 4.88 Å². The molecule has 6 heteroatoms. The van der Waals surface area contributed by atoms with Gasteiger partial charge in [0.05, 0.1) is 11.3 Å². The molecule has 0 unspecified atom stereocenters. The molecule has 1 aromatic heterocycles. The second-order valence-corrected chi connectivity index (χ2v) is 6.35. The topological polar surface area (TPSA) is 40.6 Å². The largest absolute Gasteiger partial charge is 0.378 e. The number of benzene rings is 1. The Balaban J connectivity index is 1.97. The van der Waals surface area contributed by atoms with E-state index in [4.69, 9.17) is 11.6 Å². The maximum Gasteiger partial charge on any atom is 0.277 e. The molecule has 1 aliphatic heterocycles. The van der Waals surface area contributed by atoms with Gasteiger partial charge in [0.1, 0.15) is 5.03 Å². The Labute approximate surface area is 137 Å². The monoisotopic (exact) mass is 332 g/mol. The molecule has 0 aliphatic carbocycles. The molecule has 1 aromatic carbocycles. The van der Waals surface area contributed by atoms with Gasteiger partial charge in [0.2, 0.25) is 0 Å². The lowest BCUT2D eigenvalue weighted by Crippen LogP contribution is -2.31. The number of rotatable bonds is 3. The average Bonchev–Trinajstić information content (AvgIpc) is 3.08. The summed E-state index contributed by atoms with van der Waals surface area (Å²) in [6.07, 6.45) is 0. The van der Waals surface area contributed by atoms with E-state index in [0.29, 0.717) is 10.6 Å². The van der Waals surface area contributed by atoms with E-state index in [1.165, 1.54) is 11.3 Å². The number of nitrogens with zero attached hydrogens (tertiary/aromatic N) is 2. The van der Waals surface area contributed by atoms with Gasteiger partial charge in [-0.15, -0.1) is 11.3 Å². The normalized spacial score (nSPS) is 15.0. The molecule has 3 rings (SSSR count). The van der Waals surface area contributed by atoms with Crippen molar-refractivity contribution in [2.24, 2.45) is 0 Å².